The Hall–Kier alpha value is -3.09. The Morgan fingerprint density at radius 1 is 0.900 bits per heavy atom. The topological polar surface area (TPSA) is 67.4 Å². The Labute approximate surface area is 182 Å². The quantitative estimate of drug-likeness (QED) is 0.503. The molecular weight excluding hydrogens is 430 g/mol. The number of anilines is 2. The minimum Gasteiger partial charge on any atom is -0.479 e. The average Bonchev–Trinajstić information content (AvgIpc) is 2.72. The molecule has 3 aromatic carbocycles. The van der Waals surface area contributed by atoms with Gasteiger partial charge in [0.2, 0.25) is 0 Å². The van der Waals surface area contributed by atoms with Crippen LogP contribution in [0.5, 0.6) is 5.75 Å². The molecule has 2 amide bonds. The summed E-state index contributed by atoms with van der Waals surface area (Å²) in [6.45, 7) is 1.59. The zero-order chi connectivity index (χ0) is 21.7. The minimum absolute atomic E-state index is 0.0960. The first kappa shape index (κ1) is 21.6. The van der Waals surface area contributed by atoms with Crippen molar-refractivity contribution in [2.45, 2.75) is 13.0 Å². The molecule has 3 rings (SSSR count). The molecule has 8 heteroatoms. The lowest BCUT2D eigenvalue weighted by Gasteiger charge is -2.16. The van der Waals surface area contributed by atoms with Gasteiger partial charge in [0.25, 0.3) is 11.8 Å². The summed E-state index contributed by atoms with van der Waals surface area (Å²) in [5, 5.41) is 5.63. The number of halogens is 3. The minimum atomic E-state index is -0.816. The maximum absolute atomic E-state index is 13.3. The van der Waals surface area contributed by atoms with Gasteiger partial charge in [-0.3, -0.25) is 9.59 Å². The molecule has 0 aliphatic rings. The summed E-state index contributed by atoms with van der Waals surface area (Å²) in [4.78, 5) is 24.9. The lowest BCUT2D eigenvalue weighted by Crippen LogP contribution is -2.30. The lowest BCUT2D eigenvalue weighted by atomic mass is 10.1. The molecule has 30 heavy (non-hydrogen) atoms. The summed E-state index contributed by atoms with van der Waals surface area (Å²) < 4.78 is 18.8. The number of hydrogen-bond acceptors (Lipinski definition) is 3. The average molecular weight is 447 g/mol. The van der Waals surface area contributed by atoms with E-state index >= 15 is 0 Å². The van der Waals surface area contributed by atoms with Crippen LogP contribution in [0.2, 0.25) is 10.0 Å². The third-order valence-electron chi connectivity index (χ3n) is 4.08. The Balaban J connectivity index is 1.65. The molecule has 5 nitrogen and oxygen atoms in total. The number of para-hydroxylation sites is 1. The standard InChI is InChI=1S/C22H17Cl2FN2O3/c1-13(30-20-8-3-2-7-17(20)23)21(28)26-15-6-4-5-14(11-15)22(29)27-16-9-10-19(25)18(24)12-16/h2-13H,1H3,(H,26,28)(H,27,29). The number of carbonyl (C=O) groups excluding carboxylic acids is 2. The van der Waals surface area contributed by atoms with Crippen molar-refractivity contribution in [2.75, 3.05) is 10.6 Å². The van der Waals surface area contributed by atoms with Crippen LogP contribution in [-0.2, 0) is 4.79 Å². The number of nitrogens with one attached hydrogen (secondary N) is 2. The number of carbonyl (C=O) groups is 2. The molecule has 0 aromatic heterocycles. The van der Waals surface area contributed by atoms with Gasteiger partial charge in [-0.15, -0.1) is 0 Å². The number of hydrogen-bond donors (Lipinski definition) is 2. The van der Waals surface area contributed by atoms with Crippen LogP contribution in [0.15, 0.2) is 66.7 Å². The van der Waals surface area contributed by atoms with Gasteiger partial charge in [-0.05, 0) is 55.5 Å². The van der Waals surface area contributed by atoms with Crippen LogP contribution in [0, 0.1) is 5.82 Å². The molecule has 0 saturated heterocycles. The second kappa shape index (κ2) is 9.61. The maximum Gasteiger partial charge on any atom is 0.265 e. The molecule has 1 unspecified atom stereocenters. The van der Waals surface area contributed by atoms with Crippen molar-refractivity contribution in [1.29, 1.82) is 0 Å². The Kier molecular flexibility index (Phi) is 6.92. The monoisotopic (exact) mass is 446 g/mol. The van der Waals surface area contributed by atoms with Crippen LogP contribution < -0.4 is 15.4 Å². The molecule has 154 valence electrons. The number of ether oxygens (including phenoxy) is 1. The number of rotatable bonds is 6. The Morgan fingerprint density at radius 3 is 2.37 bits per heavy atom. The van der Waals surface area contributed by atoms with E-state index in [0.29, 0.717) is 27.7 Å². The van der Waals surface area contributed by atoms with Crippen molar-refractivity contribution in [3.8, 4) is 5.75 Å². The van der Waals surface area contributed by atoms with Crippen LogP contribution in [0.4, 0.5) is 15.8 Å². The summed E-state index contributed by atoms with van der Waals surface area (Å²) in [5.74, 6) is -1.02. The van der Waals surface area contributed by atoms with E-state index < -0.39 is 23.7 Å². The smallest absolute Gasteiger partial charge is 0.265 e. The van der Waals surface area contributed by atoms with E-state index in [2.05, 4.69) is 10.6 Å². The van der Waals surface area contributed by atoms with E-state index in [9.17, 15) is 14.0 Å². The SMILES string of the molecule is CC(Oc1ccccc1Cl)C(=O)Nc1cccc(C(=O)Nc2ccc(F)c(Cl)c2)c1. The molecule has 0 spiro atoms. The predicted octanol–water partition coefficient (Wildman–Crippen LogP) is 5.79. The fraction of sp³-hybridized carbons (Fsp3) is 0.0909. The van der Waals surface area contributed by atoms with Gasteiger partial charge in [-0.25, -0.2) is 4.39 Å². The van der Waals surface area contributed by atoms with E-state index in [4.69, 9.17) is 27.9 Å². The second-order valence-corrected chi connectivity index (χ2v) is 7.16. The zero-order valence-corrected chi connectivity index (χ0v) is 17.3. The maximum atomic E-state index is 13.3. The summed E-state index contributed by atoms with van der Waals surface area (Å²) in [7, 11) is 0. The fourth-order valence-corrected chi connectivity index (χ4v) is 2.90. The Bertz CT molecular complexity index is 1090. The number of amides is 2. The van der Waals surface area contributed by atoms with Crippen molar-refractivity contribution >= 4 is 46.4 Å². The molecule has 0 aliphatic heterocycles. The number of benzene rings is 3. The molecule has 0 heterocycles. The van der Waals surface area contributed by atoms with Gasteiger partial charge in [0, 0.05) is 16.9 Å². The van der Waals surface area contributed by atoms with Gasteiger partial charge in [-0.1, -0.05) is 41.4 Å². The molecule has 0 radical (unpaired) electrons. The molecule has 0 bridgehead atoms. The molecule has 0 aliphatic carbocycles. The van der Waals surface area contributed by atoms with E-state index in [1.807, 2.05) is 0 Å². The highest BCUT2D eigenvalue weighted by Crippen LogP contribution is 2.25. The van der Waals surface area contributed by atoms with Gasteiger partial charge in [0.05, 0.1) is 10.0 Å². The predicted molar refractivity (Wildman–Crippen MR) is 116 cm³/mol. The molecule has 2 N–H and O–H groups in total. The second-order valence-electron chi connectivity index (χ2n) is 6.34. The molecule has 0 fully saturated rings. The first-order valence-electron chi connectivity index (χ1n) is 8.92. The van der Waals surface area contributed by atoms with Gasteiger partial charge in [0.15, 0.2) is 6.10 Å². The summed E-state index contributed by atoms with van der Waals surface area (Å²) in [6.07, 6.45) is -0.816. The van der Waals surface area contributed by atoms with E-state index in [0.717, 1.165) is 6.07 Å². The van der Waals surface area contributed by atoms with Crippen molar-refractivity contribution in [1.82, 2.24) is 0 Å². The van der Waals surface area contributed by atoms with Crippen molar-refractivity contribution in [3.05, 3.63) is 88.2 Å². The largest absolute Gasteiger partial charge is 0.479 e. The fourth-order valence-electron chi connectivity index (χ4n) is 2.54. The van der Waals surface area contributed by atoms with Crippen LogP contribution in [0.25, 0.3) is 0 Å². The third kappa shape index (κ3) is 5.49. The van der Waals surface area contributed by atoms with Gasteiger partial charge in [-0.2, -0.15) is 0 Å². The molecular formula is C22H17Cl2FN2O3. The van der Waals surface area contributed by atoms with Crippen LogP contribution in [-0.4, -0.2) is 17.9 Å². The van der Waals surface area contributed by atoms with Gasteiger partial charge < -0.3 is 15.4 Å². The lowest BCUT2D eigenvalue weighted by molar-refractivity contribution is -0.122. The van der Waals surface area contributed by atoms with E-state index in [1.165, 1.54) is 18.2 Å². The van der Waals surface area contributed by atoms with Crippen LogP contribution in [0.3, 0.4) is 0 Å². The molecule has 3 aromatic rings. The van der Waals surface area contributed by atoms with Crippen LogP contribution >= 0.6 is 23.2 Å². The summed E-state index contributed by atoms with van der Waals surface area (Å²) in [6, 6.07) is 17.1. The molecule has 1 atom stereocenters. The normalized spacial score (nSPS) is 11.5. The third-order valence-corrected chi connectivity index (χ3v) is 4.68. The highest BCUT2D eigenvalue weighted by Gasteiger charge is 2.17. The Morgan fingerprint density at radius 2 is 1.63 bits per heavy atom. The summed E-state index contributed by atoms with van der Waals surface area (Å²) in [5.41, 5.74) is 1.06. The van der Waals surface area contributed by atoms with Crippen molar-refractivity contribution in [2.24, 2.45) is 0 Å². The van der Waals surface area contributed by atoms with E-state index in [-0.39, 0.29) is 5.02 Å². The van der Waals surface area contributed by atoms with Crippen molar-refractivity contribution in [3.63, 3.8) is 0 Å². The van der Waals surface area contributed by atoms with Gasteiger partial charge >= 0.3 is 0 Å². The first-order chi connectivity index (χ1) is 14.3. The van der Waals surface area contributed by atoms with Gasteiger partial charge in [0.1, 0.15) is 11.6 Å². The first-order valence-corrected chi connectivity index (χ1v) is 9.67. The van der Waals surface area contributed by atoms with Crippen LogP contribution in [0.1, 0.15) is 17.3 Å². The summed E-state index contributed by atoms with van der Waals surface area (Å²) >= 11 is 11.8. The van der Waals surface area contributed by atoms with Crippen molar-refractivity contribution < 1.29 is 18.7 Å². The highest BCUT2D eigenvalue weighted by atomic mass is 35.5. The molecule has 0 saturated carbocycles. The zero-order valence-electron chi connectivity index (χ0n) is 15.8. The van der Waals surface area contributed by atoms with E-state index in [1.54, 1.807) is 49.4 Å². The highest BCUT2D eigenvalue weighted by molar-refractivity contribution is 6.32.